The maximum atomic E-state index is 12.9. The molecule has 0 bridgehead atoms. The zero-order chi connectivity index (χ0) is 59.9. The van der Waals surface area contributed by atoms with E-state index in [4.69, 9.17) is 14.2 Å². The van der Waals surface area contributed by atoms with Gasteiger partial charge in [0, 0.05) is 19.3 Å². The number of allylic oxidation sites excluding steroid dienone is 14. The lowest BCUT2D eigenvalue weighted by molar-refractivity contribution is -0.166. The highest BCUT2D eigenvalue weighted by molar-refractivity contribution is 5.71. The molecule has 0 aliphatic carbocycles. The highest BCUT2D eigenvalue weighted by Gasteiger charge is 2.19. The van der Waals surface area contributed by atoms with Crippen molar-refractivity contribution in [3.63, 3.8) is 0 Å². The Morgan fingerprint density at radius 1 is 0.253 bits per heavy atom. The Morgan fingerprint density at radius 2 is 0.494 bits per heavy atom. The number of hydrogen-bond acceptors (Lipinski definition) is 6. The Balaban J connectivity index is 4.37. The van der Waals surface area contributed by atoms with E-state index in [1.54, 1.807) is 0 Å². The van der Waals surface area contributed by atoms with Crippen LogP contribution in [0.2, 0.25) is 0 Å². The highest BCUT2D eigenvalue weighted by atomic mass is 16.6. The lowest BCUT2D eigenvalue weighted by Gasteiger charge is -2.18. The van der Waals surface area contributed by atoms with Crippen LogP contribution in [0.5, 0.6) is 0 Å². The average molecular weight is 1160 g/mol. The fraction of sp³-hybridized carbons (Fsp3) is 0.779. The predicted octanol–water partition coefficient (Wildman–Crippen LogP) is 25.0. The van der Waals surface area contributed by atoms with Gasteiger partial charge in [0.25, 0.3) is 0 Å². The van der Waals surface area contributed by atoms with E-state index in [1.165, 1.54) is 244 Å². The fourth-order valence-corrected chi connectivity index (χ4v) is 10.5. The van der Waals surface area contributed by atoms with Crippen LogP contribution in [0.25, 0.3) is 0 Å². The zero-order valence-electron chi connectivity index (χ0n) is 55.2. The van der Waals surface area contributed by atoms with Gasteiger partial charge in [0.2, 0.25) is 0 Å². The largest absolute Gasteiger partial charge is 0.462 e. The van der Waals surface area contributed by atoms with Crippen LogP contribution in [0.15, 0.2) is 85.1 Å². The Hall–Kier alpha value is -3.41. The summed E-state index contributed by atoms with van der Waals surface area (Å²) in [5.41, 5.74) is 0. The first kappa shape index (κ1) is 79.6. The van der Waals surface area contributed by atoms with Gasteiger partial charge in [-0.05, 0) is 83.5 Å². The standard InChI is InChI=1S/C77H136O6/c1-4-7-10-13-16-19-22-25-28-31-34-35-36-37-38-39-40-41-44-46-49-52-55-58-61-64-67-70-76(79)82-73-74(83-77(80)71-68-65-62-59-56-53-50-47-43-33-30-27-24-21-18-15-12-9-6-3)72-81-75(78)69-66-63-60-57-54-51-48-45-42-32-29-26-23-20-17-14-11-8-5-2/h9,12,18,21,27,30-31,34,43,47,53,56,62,65,74H,4-8,10-11,13-17,19-20,22-26,28-29,32-33,35-42,44-46,48-52,54-55,57-61,63-64,66-73H2,1-3H3/b12-9-,21-18-,30-27-,34-31-,47-43-,56-53-,65-62-. The molecule has 0 N–H and O–H groups in total. The first-order chi connectivity index (χ1) is 41.0. The predicted molar refractivity (Wildman–Crippen MR) is 362 cm³/mol. The topological polar surface area (TPSA) is 78.9 Å². The molecule has 0 aromatic heterocycles. The molecule has 0 aromatic rings. The Labute approximate surface area is 515 Å². The molecule has 83 heavy (non-hydrogen) atoms. The van der Waals surface area contributed by atoms with Crippen molar-refractivity contribution in [1.29, 1.82) is 0 Å². The van der Waals surface area contributed by atoms with E-state index in [9.17, 15) is 14.4 Å². The third-order valence-electron chi connectivity index (χ3n) is 15.9. The van der Waals surface area contributed by atoms with Gasteiger partial charge in [-0.3, -0.25) is 14.4 Å². The number of rotatable bonds is 66. The van der Waals surface area contributed by atoms with Gasteiger partial charge in [-0.25, -0.2) is 0 Å². The lowest BCUT2D eigenvalue weighted by atomic mass is 10.0. The summed E-state index contributed by atoms with van der Waals surface area (Å²) in [6, 6.07) is 0. The number of esters is 3. The van der Waals surface area contributed by atoms with Gasteiger partial charge < -0.3 is 14.2 Å². The van der Waals surface area contributed by atoms with Crippen molar-refractivity contribution in [2.75, 3.05) is 13.2 Å². The van der Waals surface area contributed by atoms with Crippen molar-refractivity contribution in [3.8, 4) is 0 Å². The third-order valence-corrected chi connectivity index (χ3v) is 15.9. The molecular weight excluding hydrogens is 1020 g/mol. The van der Waals surface area contributed by atoms with Gasteiger partial charge in [0.1, 0.15) is 13.2 Å². The van der Waals surface area contributed by atoms with Gasteiger partial charge in [-0.2, -0.15) is 0 Å². The van der Waals surface area contributed by atoms with Crippen LogP contribution in [0, 0.1) is 0 Å². The van der Waals surface area contributed by atoms with Crippen LogP contribution in [0.3, 0.4) is 0 Å². The van der Waals surface area contributed by atoms with Crippen molar-refractivity contribution in [1.82, 2.24) is 0 Å². The van der Waals surface area contributed by atoms with Crippen LogP contribution in [-0.2, 0) is 28.6 Å². The smallest absolute Gasteiger partial charge is 0.306 e. The molecule has 6 nitrogen and oxygen atoms in total. The summed E-state index contributed by atoms with van der Waals surface area (Å²) in [5.74, 6) is -0.966. The summed E-state index contributed by atoms with van der Waals surface area (Å²) in [7, 11) is 0. The van der Waals surface area contributed by atoms with E-state index in [1.807, 2.05) is 6.08 Å². The van der Waals surface area contributed by atoms with Crippen molar-refractivity contribution < 1.29 is 28.6 Å². The molecule has 0 fully saturated rings. The molecule has 0 saturated carbocycles. The van der Waals surface area contributed by atoms with E-state index in [-0.39, 0.29) is 37.5 Å². The molecule has 0 aliphatic heterocycles. The summed E-state index contributed by atoms with van der Waals surface area (Å²) in [6.07, 6.45) is 94.9. The molecule has 0 radical (unpaired) electrons. The van der Waals surface area contributed by atoms with Gasteiger partial charge in [-0.15, -0.1) is 0 Å². The fourth-order valence-electron chi connectivity index (χ4n) is 10.5. The van der Waals surface area contributed by atoms with E-state index in [2.05, 4.69) is 99.8 Å². The SMILES string of the molecule is CC/C=C\C/C=C\C/C=C\C/C=C\C/C=C\C/C=C\CCC(=O)OC(COC(=O)CCCCCCCCCCCCCCCCC/C=C\CCCCCCCCCC)COC(=O)CCCCCCCCCCCCCCCCCCCCC. The van der Waals surface area contributed by atoms with E-state index >= 15 is 0 Å². The molecule has 0 aliphatic rings. The minimum absolute atomic E-state index is 0.103. The van der Waals surface area contributed by atoms with Gasteiger partial charge in [0.05, 0.1) is 0 Å². The summed E-state index contributed by atoms with van der Waals surface area (Å²) in [6.45, 7) is 6.53. The van der Waals surface area contributed by atoms with Crippen LogP contribution in [0.4, 0.5) is 0 Å². The quantitative estimate of drug-likeness (QED) is 0.0261. The summed E-state index contributed by atoms with van der Waals surface area (Å²) < 4.78 is 16.9. The molecule has 1 atom stereocenters. The Morgan fingerprint density at radius 3 is 0.783 bits per heavy atom. The van der Waals surface area contributed by atoms with Gasteiger partial charge in [0.15, 0.2) is 6.10 Å². The monoisotopic (exact) mass is 1160 g/mol. The van der Waals surface area contributed by atoms with E-state index in [0.717, 1.165) is 77.0 Å². The molecule has 1 unspecified atom stereocenters. The molecule has 0 saturated heterocycles. The highest BCUT2D eigenvalue weighted by Crippen LogP contribution is 2.18. The molecule has 0 heterocycles. The molecule has 0 spiro atoms. The molecule has 480 valence electrons. The molecule has 6 heteroatoms. The van der Waals surface area contributed by atoms with Crippen LogP contribution in [0.1, 0.15) is 367 Å². The Kier molecular flexibility index (Phi) is 68.2. The van der Waals surface area contributed by atoms with Crippen molar-refractivity contribution in [2.24, 2.45) is 0 Å². The zero-order valence-corrected chi connectivity index (χ0v) is 55.2. The molecular formula is C77H136O6. The van der Waals surface area contributed by atoms with Crippen LogP contribution < -0.4 is 0 Å². The van der Waals surface area contributed by atoms with Crippen LogP contribution >= 0.6 is 0 Å². The third kappa shape index (κ3) is 69.3. The van der Waals surface area contributed by atoms with Crippen molar-refractivity contribution >= 4 is 17.9 Å². The normalized spacial score (nSPS) is 12.6. The first-order valence-corrected chi connectivity index (χ1v) is 36.1. The summed E-state index contributed by atoms with van der Waals surface area (Å²) >= 11 is 0. The van der Waals surface area contributed by atoms with E-state index in [0.29, 0.717) is 19.3 Å². The second-order valence-corrected chi connectivity index (χ2v) is 24.1. The average Bonchev–Trinajstić information content (AvgIpc) is 3.50. The maximum Gasteiger partial charge on any atom is 0.306 e. The van der Waals surface area contributed by atoms with Crippen LogP contribution in [-0.4, -0.2) is 37.2 Å². The van der Waals surface area contributed by atoms with Gasteiger partial charge >= 0.3 is 17.9 Å². The first-order valence-electron chi connectivity index (χ1n) is 36.1. The number of carbonyl (C=O) groups excluding carboxylic acids is 3. The van der Waals surface area contributed by atoms with Crippen molar-refractivity contribution in [3.05, 3.63) is 85.1 Å². The van der Waals surface area contributed by atoms with Crippen molar-refractivity contribution in [2.45, 2.75) is 374 Å². The summed E-state index contributed by atoms with van der Waals surface area (Å²) in [5, 5.41) is 0. The second-order valence-electron chi connectivity index (χ2n) is 24.1. The molecule has 0 amide bonds. The lowest BCUT2D eigenvalue weighted by Crippen LogP contribution is -2.30. The maximum absolute atomic E-state index is 12.9. The number of ether oxygens (including phenoxy) is 3. The number of unbranched alkanes of at least 4 members (excludes halogenated alkanes) is 41. The molecule has 0 rings (SSSR count). The molecule has 0 aromatic carbocycles. The Bertz CT molecular complexity index is 1570. The number of hydrogen-bond donors (Lipinski definition) is 0. The summed E-state index contributed by atoms with van der Waals surface area (Å²) in [4.78, 5) is 38.4. The minimum atomic E-state index is -0.817. The number of carbonyl (C=O) groups is 3. The van der Waals surface area contributed by atoms with E-state index < -0.39 is 6.10 Å². The second kappa shape index (κ2) is 71.1. The van der Waals surface area contributed by atoms with Gasteiger partial charge in [-0.1, -0.05) is 350 Å². The minimum Gasteiger partial charge on any atom is -0.462 e.